The fourth-order valence-corrected chi connectivity index (χ4v) is 5.60. The summed E-state index contributed by atoms with van der Waals surface area (Å²) in [4.78, 5) is 26.6. The van der Waals surface area contributed by atoms with E-state index in [0.29, 0.717) is 19.4 Å². The average molecular weight is 474 g/mol. The molecule has 1 aliphatic rings. The minimum Gasteiger partial charge on any atom is -0.465 e. The molecular weight excluding hydrogens is 442 g/mol. The number of carbonyl (C=O) groups is 2. The normalized spacial score (nSPS) is 15.1. The van der Waals surface area contributed by atoms with Gasteiger partial charge in [0.1, 0.15) is 0 Å². The van der Waals surface area contributed by atoms with Gasteiger partial charge in [0.15, 0.2) is 0 Å². The Morgan fingerprint density at radius 1 is 1.06 bits per heavy atom. The molecule has 1 fully saturated rings. The number of rotatable bonds is 9. The Kier molecular flexibility index (Phi) is 8.46. The van der Waals surface area contributed by atoms with Crippen molar-refractivity contribution in [2.45, 2.75) is 24.2 Å². The number of nitrogens with one attached hydrogen (secondary N) is 1. The van der Waals surface area contributed by atoms with Crippen LogP contribution in [0.15, 0.2) is 59.5 Å². The van der Waals surface area contributed by atoms with Gasteiger partial charge in [-0.25, -0.2) is 13.2 Å². The monoisotopic (exact) mass is 473 g/mol. The molecule has 3 rings (SSSR count). The summed E-state index contributed by atoms with van der Waals surface area (Å²) in [7, 11) is -0.621. The van der Waals surface area contributed by atoms with Gasteiger partial charge in [-0.2, -0.15) is 4.31 Å². The molecule has 1 aliphatic heterocycles. The van der Waals surface area contributed by atoms with Gasteiger partial charge < -0.3 is 15.0 Å². The predicted molar refractivity (Wildman–Crippen MR) is 127 cm³/mol. The van der Waals surface area contributed by atoms with Crippen LogP contribution in [0.4, 0.5) is 5.69 Å². The van der Waals surface area contributed by atoms with Crippen molar-refractivity contribution >= 4 is 27.6 Å². The second kappa shape index (κ2) is 11.3. The number of benzene rings is 2. The second-order valence-electron chi connectivity index (χ2n) is 8.07. The Hall–Kier alpha value is -2.91. The van der Waals surface area contributed by atoms with Crippen molar-refractivity contribution in [2.75, 3.05) is 45.2 Å². The predicted octanol–water partition coefficient (Wildman–Crippen LogP) is 2.52. The Bertz CT molecular complexity index is 1050. The summed E-state index contributed by atoms with van der Waals surface area (Å²) >= 11 is 0. The van der Waals surface area contributed by atoms with Gasteiger partial charge in [-0.15, -0.1) is 0 Å². The molecule has 9 heteroatoms. The van der Waals surface area contributed by atoms with Crippen molar-refractivity contribution in [3.05, 3.63) is 60.2 Å². The molecule has 1 amide bonds. The van der Waals surface area contributed by atoms with Gasteiger partial charge in [-0.1, -0.05) is 30.3 Å². The van der Waals surface area contributed by atoms with E-state index in [1.54, 1.807) is 12.1 Å². The number of carbonyl (C=O) groups excluding carboxylic acids is 2. The van der Waals surface area contributed by atoms with Crippen LogP contribution in [0.25, 0.3) is 0 Å². The molecule has 0 atom stereocenters. The zero-order valence-electron chi connectivity index (χ0n) is 19.1. The van der Waals surface area contributed by atoms with Crippen LogP contribution in [0.1, 0.15) is 29.6 Å². The van der Waals surface area contributed by atoms with E-state index in [2.05, 4.69) is 10.2 Å². The molecule has 1 saturated heterocycles. The van der Waals surface area contributed by atoms with E-state index < -0.39 is 16.0 Å². The van der Waals surface area contributed by atoms with E-state index in [4.69, 9.17) is 4.74 Å². The highest BCUT2D eigenvalue weighted by atomic mass is 32.2. The molecular formula is C24H31N3O5S. The summed E-state index contributed by atoms with van der Waals surface area (Å²) in [5, 5.41) is 2.98. The number of para-hydroxylation sites is 1. The summed E-state index contributed by atoms with van der Waals surface area (Å²) in [6.45, 7) is 1.85. The Labute approximate surface area is 195 Å². The highest BCUT2D eigenvalue weighted by Crippen LogP contribution is 2.26. The summed E-state index contributed by atoms with van der Waals surface area (Å²) in [6, 6.07) is 16.1. The lowest BCUT2D eigenvalue weighted by Crippen LogP contribution is -2.43. The molecule has 0 spiro atoms. The molecule has 0 aliphatic carbocycles. The van der Waals surface area contributed by atoms with Crippen LogP contribution in [-0.4, -0.2) is 64.9 Å². The molecule has 1 N–H and O–H groups in total. The van der Waals surface area contributed by atoms with Crippen molar-refractivity contribution in [1.29, 1.82) is 0 Å². The van der Waals surface area contributed by atoms with Crippen molar-refractivity contribution in [2.24, 2.45) is 5.92 Å². The van der Waals surface area contributed by atoms with Crippen LogP contribution in [0, 0.1) is 5.92 Å². The smallest absolute Gasteiger partial charge is 0.339 e. The van der Waals surface area contributed by atoms with Gasteiger partial charge >= 0.3 is 5.97 Å². The molecule has 0 saturated carbocycles. The molecule has 0 bridgehead atoms. The largest absolute Gasteiger partial charge is 0.465 e. The number of sulfonamides is 1. The number of hydrogen-bond acceptors (Lipinski definition) is 6. The van der Waals surface area contributed by atoms with Crippen molar-refractivity contribution < 1.29 is 22.7 Å². The number of ether oxygens (including phenoxy) is 1. The van der Waals surface area contributed by atoms with Gasteiger partial charge in [-0.05, 0) is 43.5 Å². The molecule has 178 valence electrons. The quantitative estimate of drug-likeness (QED) is 0.444. The van der Waals surface area contributed by atoms with Gasteiger partial charge in [-0.3, -0.25) is 4.79 Å². The van der Waals surface area contributed by atoms with E-state index in [9.17, 15) is 18.0 Å². The zero-order chi connectivity index (χ0) is 23.8. The van der Waals surface area contributed by atoms with E-state index in [-0.39, 0.29) is 35.4 Å². The van der Waals surface area contributed by atoms with Crippen molar-refractivity contribution in [3.8, 4) is 0 Å². The molecule has 0 aromatic heterocycles. The van der Waals surface area contributed by atoms with Crippen LogP contribution >= 0.6 is 0 Å². The van der Waals surface area contributed by atoms with Gasteiger partial charge in [0, 0.05) is 44.8 Å². The first-order chi connectivity index (χ1) is 15.8. The Morgan fingerprint density at radius 2 is 1.70 bits per heavy atom. The number of amides is 1. The number of methoxy groups -OCH3 is 1. The standard InChI is InChI=1S/C24H31N3O5S/c1-26(20-9-4-3-5-10-20)16-8-15-25-23(28)19-13-17-27(18-14-19)33(30,31)22-12-7-6-11-21(22)24(29)32-2/h3-7,9-12,19H,8,13-18H2,1-2H3,(H,25,28). The zero-order valence-corrected chi connectivity index (χ0v) is 19.9. The minimum atomic E-state index is -3.86. The first-order valence-electron chi connectivity index (χ1n) is 11.1. The third kappa shape index (κ3) is 6.11. The van der Waals surface area contributed by atoms with Gasteiger partial charge in [0.25, 0.3) is 0 Å². The maximum atomic E-state index is 13.1. The molecule has 2 aromatic carbocycles. The van der Waals surface area contributed by atoms with Crippen molar-refractivity contribution in [1.82, 2.24) is 9.62 Å². The first kappa shape index (κ1) is 24.7. The van der Waals surface area contributed by atoms with E-state index in [1.165, 1.54) is 23.5 Å². The summed E-state index contributed by atoms with van der Waals surface area (Å²) in [5.74, 6) is -0.954. The van der Waals surface area contributed by atoms with Gasteiger partial charge in [0.05, 0.1) is 17.6 Å². The topological polar surface area (TPSA) is 96.0 Å². The van der Waals surface area contributed by atoms with E-state index in [1.807, 2.05) is 37.4 Å². The third-order valence-corrected chi connectivity index (χ3v) is 7.86. The lowest BCUT2D eigenvalue weighted by atomic mass is 9.97. The lowest BCUT2D eigenvalue weighted by Gasteiger charge is -2.31. The lowest BCUT2D eigenvalue weighted by molar-refractivity contribution is -0.126. The molecule has 33 heavy (non-hydrogen) atoms. The van der Waals surface area contributed by atoms with E-state index in [0.717, 1.165) is 18.7 Å². The Balaban J connectivity index is 1.48. The van der Waals surface area contributed by atoms with Crippen LogP contribution < -0.4 is 10.2 Å². The first-order valence-corrected chi connectivity index (χ1v) is 12.5. The summed E-state index contributed by atoms with van der Waals surface area (Å²) in [5.41, 5.74) is 1.14. The van der Waals surface area contributed by atoms with Gasteiger partial charge in [0.2, 0.25) is 15.9 Å². The molecule has 0 unspecified atom stereocenters. The minimum absolute atomic E-state index is 0.0142. The van der Waals surface area contributed by atoms with Crippen molar-refractivity contribution in [3.63, 3.8) is 0 Å². The number of piperidine rings is 1. The third-order valence-electron chi connectivity index (χ3n) is 5.90. The number of anilines is 1. The fourth-order valence-electron chi connectivity index (χ4n) is 3.95. The summed E-state index contributed by atoms with van der Waals surface area (Å²) in [6.07, 6.45) is 1.69. The highest BCUT2D eigenvalue weighted by molar-refractivity contribution is 7.89. The number of hydrogen-bond donors (Lipinski definition) is 1. The number of esters is 1. The average Bonchev–Trinajstić information content (AvgIpc) is 2.86. The maximum Gasteiger partial charge on any atom is 0.339 e. The van der Waals surface area contributed by atoms with Crippen LogP contribution in [0.3, 0.4) is 0 Å². The molecule has 8 nitrogen and oxygen atoms in total. The fraction of sp³-hybridized carbons (Fsp3) is 0.417. The SMILES string of the molecule is COC(=O)c1ccccc1S(=O)(=O)N1CCC(C(=O)NCCCN(C)c2ccccc2)CC1. The molecule has 2 aromatic rings. The number of nitrogens with zero attached hydrogens (tertiary/aromatic N) is 2. The van der Waals surface area contributed by atoms with Crippen LogP contribution in [-0.2, 0) is 19.6 Å². The van der Waals surface area contributed by atoms with Crippen LogP contribution in [0.5, 0.6) is 0 Å². The molecule has 0 radical (unpaired) electrons. The summed E-state index contributed by atoms with van der Waals surface area (Å²) < 4.78 is 32.3. The second-order valence-corrected chi connectivity index (χ2v) is 9.97. The maximum absolute atomic E-state index is 13.1. The van der Waals surface area contributed by atoms with Crippen LogP contribution in [0.2, 0.25) is 0 Å². The Morgan fingerprint density at radius 3 is 2.36 bits per heavy atom. The molecule has 1 heterocycles. The highest BCUT2D eigenvalue weighted by Gasteiger charge is 2.34. The van der Waals surface area contributed by atoms with E-state index >= 15 is 0 Å².